The van der Waals surface area contributed by atoms with Gasteiger partial charge in [-0.2, -0.15) is 0 Å². The van der Waals surface area contributed by atoms with Gasteiger partial charge >= 0.3 is 0 Å². The van der Waals surface area contributed by atoms with Gasteiger partial charge in [0.05, 0.1) is 5.69 Å². The molecule has 0 atom stereocenters. The van der Waals surface area contributed by atoms with Crippen LogP contribution in [0.15, 0.2) is 27.1 Å². The SMILES string of the molecule is NCCCC(=O)Nc1c(Br)cccc1Br. The van der Waals surface area contributed by atoms with Crippen molar-refractivity contribution in [1.82, 2.24) is 0 Å². The van der Waals surface area contributed by atoms with Crippen LogP contribution in [0.4, 0.5) is 5.69 Å². The van der Waals surface area contributed by atoms with Crippen molar-refractivity contribution in [3.63, 3.8) is 0 Å². The number of nitrogens with two attached hydrogens (primary N) is 1. The van der Waals surface area contributed by atoms with Crippen molar-refractivity contribution in [2.75, 3.05) is 11.9 Å². The van der Waals surface area contributed by atoms with Crippen molar-refractivity contribution in [3.05, 3.63) is 27.1 Å². The first-order chi connectivity index (χ1) is 7.15. The van der Waals surface area contributed by atoms with E-state index in [0.717, 1.165) is 14.6 Å². The third-order valence-corrected chi connectivity index (χ3v) is 3.16. The summed E-state index contributed by atoms with van der Waals surface area (Å²) in [7, 11) is 0. The summed E-state index contributed by atoms with van der Waals surface area (Å²) in [5.74, 6) is -0.0203. The van der Waals surface area contributed by atoms with E-state index in [1.54, 1.807) is 0 Å². The Labute approximate surface area is 106 Å². The van der Waals surface area contributed by atoms with Crippen LogP contribution in [0.25, 0.3) is 0 Å². The number of hydrogen-bond acceptors (Lipinski definition) is 2. The number of carbonyl (C=O) groups is 1. The molecule has 0 unspecified atom stereocenters. The van der Waals surface area contributed by atoms with Gasteiger partial charge in [0.25, 0.3) is 0 Å². The van der Waals surface area contributed by atoms with E-state index in [-0.39, 0.29) is 5.91 Å². The Morgan fingerprint density at radius 3 is 2.47 bits per heavy atom. The molecule has 1 amide bonds. The molecular weight excluding hydrogens is 324 g/mol. The molecule has 1 aromatic carbocycles. The number of nitrogens with one attached hydrogen (secondary N) is 1. The van der Waals surface area contributed by atoms with E-state index >= 15 is 0 Å². The molecule has 3 N–H and O–H groups in total. The van der Waals surface area contributed by atoms with Crippen LogP contribution in [-0.4, -0.2) is 12.5 Å². The van der Waals surface area contributed by atoms with E-state index in [1.807, 2.05) is 18.2 Å². The Morgan fingerprint density at radius 2 is 1.93 bits per heavy atom. The van der Waals surface area contributed by atoms with Crippen molar-refractivity contribution in [2.24, 2.45) is 5.73 Å². The number of benzene rings is 1. The highest BCUT2D eigenvalue weighted by molar-refractivity contribution is 9.11. The maximum atomic E-state index is 11.5. The van der Waals surface area contributed by atoms with Crippen molar-refractivity contribution in [3.8, 4) is 0 Å². The van der Waals surface area contributed by atoms with E-state index in [1.165, 1.54) is 0 Å². The quantitative estimate of drug-likeness (QED) is 0.888. The van der Waals surface area contributed by atoms with Crippen molar-refractivity contribution >= 4 is 43.5 Å². The topological polar surface area (TPSA) is 55.1 Å². The zero-order valence-electron chi connectivity index (χ0n) is 8.09. The first-order valence-electron chi connectivity index (χ1n) is 4.59. The van der Waals surface area contributed by atoms with Gasteiger partial charge in [-0.1, -0.05) is 6.07 Å². The summed E-state index contributed by atoms with van der Waals surface area (Å²) in [6, 6.07) is 5.65. The fourth-order valence-electron chi connectivity index (χ4n) is 1.08. The molecule has 0 fully saturated rings. The summed E-state index contributed by atoms with van der Waals surface area (Å²) in [5.41, 5.74) is 6.09. The highest BCUT2D eigenvalue weighted by Gasteiger charge is 2.07. The lowest BCUT2D eigenvalue weighted by atomic mass is 10.2. The minimum Gasteiger partial charge on any atom is -0.330 e. The number of amides is 1. The molecule has 0 radical (unpaired) electrons. The maximum absolute atomic E-state index is 11.5. The highest BCUT2D eigenvalue weighted by Crippen LogP contribution is 2.30. The van der Waals surface area contributed by atoms with Gasteiger partial charge in [0, 0.05) is 15.4 Å². The third-order valence-electron chi connectivity index (χ3n) is 1.84. The lowest BCUT2D eigenvalue weighted by Crippen LogP contribution is -2.14. The second-order valence-corrected chi connectivity index (χ2v) is 4.75. The van der Waals surface area contributed by atoms with Gasteiger partial charge in [0.1, 0.15) is 0 Å². The Hall–Kier alpha value is -0.390. The monoisotopic (exact) mass is 334 g/mol. The summed E-state index contributed by atoms with van der Waals surface area (Å²) in [4.78, 5) is 11.5. The van der Waals surface area contributed by atoms with Crippen LogP contribution >= 0.6 is 31.9 Å². The molecule has 82 valence electrons. The average molecular weight is 336 g/mol. The number of para-hydroxylation sites is 1. The fraction of sp³-hybridized carbons (Fsp3) is 0.300. The average Bonchev–Trinajstić information content (AvgIpc) is 2.21. The molecule has 0 saturated heterocycles. The van der Waals surface area contributed by atoms with Gasteiger partial charge in [-0.3, -0.25) is 4.79 Å². The number of halogens is 2. The number of anilines is 1. The molecule has 0 heterocycles. The van der Waals surface area contributed by atoms with Gasteiger partial charge in [-0.15, -0.1) is 0 Å². The van der Waals surface area contributed by atoms with Gasteiger partial charge in [-0.25, -0.2) is 0 Å². The number of rotatable bonds is 4. The summed E-state index contributed by atoms with van der Waals surface area (Å²) >= 11 is 6.75. The molecule has 1 rings (SSSR count). The second-order valence-electron chi connectivity index (χ2n) is 3.04. The van der Waals surface area contributed by atoms with Crippen LogP contribution in [0, 0.1) is 0 Å². The minimum absolute atomic E-state index is 0.0203. The molecule has 3 nitrogen and oxygen atoms in total. The summed E-state index contributed by atoms with van der Waals surface area (Å²) in [6.45, 7) is 0.532. The molecular formula is C10H12Br2N2O. The van der Waals surface area contributed by atoms with E-state index in [9.17, 15) is 4.79 Å². The standard InChI is InChI=1S/C10H12Br2N2O/c11-7-3-1-4-8(12)10(7)14-9(15)5-2-6-13/h1,3-4H,2,5-6,13H2,(H,14,15). The van der Waals surface area contributed by atoms with Crippen LogP contribution in [0.1, 0.15) is 12.8 Å². The molecule has 0 bridgehead atoms. The summed E-state index contributed by atoms with van der Waals surface area (Å²) in [6.07, 6.45) is 1.15. The lowest BCUT2D eigenvalue weighted by Gasteiger charge is -2.08. The van der Waals surface area contributed by atoms with Gasteiger partial charge in [0.15, 0.2) is 0 Å². The molecule has 0 spiro atoms. The molecule has 0 aromatic heterocycles. The highest BCUT2D eigenvalue weighted by atomic mass is 79.9. The van der Waals surface area contributed by atoms with Gasteiger partial charge in [-0.05, 0) is 57.0 Å². The Balaban J connectivity index is 2.68. The molecule has 0 saturated carbocycles. The first kappa shape index (κ1) is 12.7. The Morgan fingerprint density at radius 1 is 1.33 bits per heavy atom. The van der Waals surface area contributed by atoms with Crippen LogP contribution in [0.2, 0.25) is 0 Å². The molecule has 5 heteroatoms. The molecule has 15 heavy (non-hydrogen) atoms. The van der Waals surface area contributed by atoms with Crippen LogP contribution in [0.3, 0.4) is 0 Å². The van der Waals surface area contributed by atoms with Gasteiger partial charge in [0.2, 0.25) is 5.91 Å². The van der Waals surface area contributed by atoms with Crippen molar-refractivity contribution in [1.29, 1.82) is 0 Å². The van der Waals surface area contributed by atoms with Gasteiger partial charge < -0.3 is 11.1 Å². The van der Waals surface area contributed by atoms with Crippen LogP contribution in [0.5, 0.6) is 0 Å². The zero-order chi connectivity index (χ0) is 11.3. The van der Waals surface area contributed by atoms with E-state index in [2.05, 4.69) is 37.2 Å². The number of carbonyl (C=O) groups excluding carboxylic acids is 1. The molecule has 0 aliphatic heterocycles. The van der Waals surface area contributed by atoms with E-state index in [4.69, 9.17) is 5.73 Å². The molecule has 0 aliphatic carbocycles. The zero-order valence-corrected chi connectivity index (χ0v) is 11.3. The predicted octanol–water partition coefficient (Wildman–Crippen LogP) is 2.89. The number of hydrogen-bond donors (Lipinski definition) is 2. The second kappa shape index (κ2) is 6.25. The van der Waals surface area contributed by atoms with Crippen molar-refractivity contribution < 1.29 is 4.79 Å². The summed E-state index contributed by atoms with van der Waals surface area (Å²) in [5, 5.41) is 2.83. The van der Waals surface area contributed by atoms with E-state index in [0.29, 0.717) is 19.4 Å². The molecule has 1 aromatic rings. The lowest BCUT2D eigenvalue weighted by molar-refractivity contribution is -0.116. The normalized spacial score (nSPS) is 10.1. The predicted molar refractivity (Wildman–Crippen MR) is 68.8 cm³/mol. The smallest absolute Gasteiger partial charge is 0.224 e. The largest absolute Gasteiger partial charge is 0.330 e. The van der Waals surface area contributed by atoms with Crippen LogP contribution in [-0.2, 0) is 4.79 Å². The minimum atomic E-state index is -0.0203. The first-order valence-corrected chi connectivity index (χ1v) is 6.17. The maximum Gasteiger partial charge on any atom is 0.224 e. The summed E-state index contributed by atoms with van der Waals surface area (Å²) < 4.78 is 1.72. The fourth-order valence-corrected chi connectivity index (χ4v) is 2.28. The van der Waals surface area contributed by atoms with E-state index < -0.39 is 0 Å². The Kier molecular flexibility index (Phi) is 5.28. The Bertz CT molecular complexity index is 335. The van der Waals surface area contributed by atoms with Crippen LogP contribution < -0.4 is 11.1 Å². The van der Waals surface area contributed by atoms with Crippen molar-refractivity contribution in [2.45, 2.75) is 12.8 Å². The third kappa shape index (κ3) is 3.93. The molecule has 0 aliphatic rings.